The number of carbonyl (C=O) groups is 2. The maximum atomic E-state index is 12.6. The van der Waals surface area contributed by atoms with Crippen molar-refractivity contribution in [3.63, 3.8) is 0 Å². The number of rotatable bonds is 6. The summed E-state index contributed by atoms with van der Waals surface area (Å²) in [5.74, 6) is 2.21. The van der Waals surface area contributed by atoms with E-state index in [1.54, 1.807) is 24.3 Å². The van der Waals surface area contributed by atoms with Crippen LogP contribution in [0.4, 0.5) is 16.2 Å². The van der Waals surface area contributed by atoms with Crippen molar-refractivity contribution in [2.24, 2.45) is 0 Å². The molecule has 0 bridgehead atoms. The molecule has 4 rings (SSSR count). The molecule has 2 aromatic carbocycles. The van der Waals surface area contributed by atoms with Crippen LogP contribution in [0.5, 0.6) is 0 Å². The van der Waals surface area contributed by atoms with Gasteiger partial charge in [-0.1, -0.05) is 12.1 Å². The van der Waals surface area contributed by atoms with Gasteiger partial charge in [-0.2, -0.15) is 11.8 Å². The van der Waals surface area contributed by atoms with Crippen LogP contribution in [0, 0.1) is 0 Å². The third-order valence-electron chi connectivity index (χ3n) is 5.01. The van der Waals surface area contributed by atoms with Crippen LogP contribution >= 0.6 is 11.8 Å². The van der Waals surface area contributed by atoms with E-state index in [-0.39, 0.29) is 11.9 Å². The maximum absolute atomic E-state index is 12.6. The minimum absolute atomic E-state index is 0.162. The van der Waals surface area contributed by atoms with Crippen molar-refractivity contribution in [2.45, 2.75) is 25.4 Å². The van der Waals surface area contributed by atoms with E-state index in [4.69, 9.17) is 0 Å². The number of hydrogen-bond acceptors (Lipinski definition) is 4. The van der Waals surface area contributed by atoms with Crippen LogP contribution < -0.4 is 16.0 Å². The molecule has 1 aliphatic heterocycles. The van der Waals surface area contributed by atoms with Gasteiger partial charge in [-0.05, 0) is 54.8 Å². The number of nitrogens with one attached hydrogen (secondary N) is 3. The van der Waals surface area contributed by atoms with Gasteiger partial charge in [0.15, 0.2) is 0 Å². The predicted octanol–water partition coefficient (Wildman–Crippen LogP) is 3.77. The van der Waals surface area contributed by atoms with Gasteiger partial charge in [0.05, 0.1) is 0 Å². The molecule has 7 heteroatoms. The summed E-state index contributed by atoms with van der Waals surface area (Å²) in [5.41, 5.74) is 3.22. The summed E-state index contributed by atoms with van der Waals surface area (Å²) >= 11 is 2.00. The lowest BCUT2D eigenvalue weighted by Gasteiger charge is -2.26. The minimum Gasteiger partial charge on any atom is -0.335 e. The minimum atomic E-state index is -0.200. The molecule has 3 N–H and O–H groups in total. The van der Waals surface area contributed by atoms with Crippen molar-refractivity contribution in [3.8, 4) is 0 Å². The molecule has 0 radical (unpaired) electrons. The summed E-state index contributed by atoms with van der Waals surface area (Å²) in [4.78, 5) is 26.8. The number of thioether (sulfide) groups is 1. The van der Waals surface area contributed by atoms with E-state index in [1.165, 1.54) is 17.1 Å². The number of benzene rings is 2. The summed E-state index contributed by atoms with van der Waals surface area (Å²) < 4.78 is 0. The SMILES string of the molecule is O=C(Nc1ccc(C(=O)Nc2cccc(CN3CCSCC3)c2)cc1)NC1CC1. The molecule has 3 amide bonds. The van der Waals surface area contributed by atoms with Crippen LogP contribution in [-0.4, -0.2) is 47.5 Å². The van der Waals surface area contributed by atoms with Crippen molar-refractivity contribution >= 4 is 35.1 Å². The summed E-state index contributed by atoms with van der Waals surface area (Å²) in [5, 5.41) is 8.63. The fraction of sp³-hybridized carbons (Fsp3) is 0.364. The van der Waals surface area contributed by atoms with E-state index in [0.717, 1.165) is 38.2 Å². The van der Waals surface area contributed by atoms with Crippen LogP contribution in [0.25, 0.3) is 0 Å². The monoisotopic (exact) mass is 410 g/mol. The third kappa shape index (κ3) is 5.98. The summed E-state index contributed by atoms with van der Waals surface area (Å²) in [6.45, 7) is 3.13. The van der Waals surface area contributed by atoms with Gasteiger partial charge in [0, 0.05) is 54.1 Å². The Kier molecular flexibility index (Phi) is 6.36. The van der Waals surface area contributed by atoms with Gasteiger partial charge in [0.2, 0.25) is 0 Å². The van der Waals surface area contributed by atoms with Gasteiger partial charge < -0.3 is 16.0 Å². The third-order valence-corrected chi connectivity index (χ3v) is 5.95. The van der Waals surface area contributed by atoms with Crippen molar-refractivity contribution in [3.05, 3.63) is 59.7 Å². The number of amides is 3. The molecule has 0 spiro atoms. The van der Waals surface area contributed by atoms with Crippen LogP contribution in [0.2, 0.25) is 0 Å². The largest absolute Gasteiger partial charge is 0.335 e. The molecule has 2 aliphatic rings. The Morgan fingerprint density at radius 1 is 0.966 bits per heavy atom. The predicted molar refractivity (Wildman–Crippen MR) is 119 cm³/mol. The molecule has 2 aromatic rings. The Bertz CT molecular complexity index is 861. The van der Waals surface area contributed by atoms with E-state index < -0.39 is 0 Å². The molecule has 6 nitrogen and oxygen atoms in total. The van der Waals surface area contributed by atoms with Gasteiger partial charge in [-0.15, -0.1) is 0 Å². The summed E-state index contributed by atoms with van der Waals surface area (Å²) in [7, 11) is 0. The van der Waals surface area contributed by atoms with Gasteiger partial charge in [0.25, 0.3) is 5.91 Å². The molecule has 0 unspecified atom stereocenters. The van der Waals surface area contributed by atoms with Crippen molar-refractivity contribution < 1.29 is 9.59 Å². The first-order chi connectivity index (χ1) is 14.2. The second-order valence-electron chi connectivity index (χ2n) is 7.49. The highest BCUT2D eigenvalue weighted by atomic mass is 32.2. The molecule has 0 aromatic heterocycles. The van der Waals surface area contributed by atoms with Crippen LogP contribution in [0.15, 0.2) is 48.5 Å². The zero-order valence-electron chi connectivity index (χ0n) is 16.3. The summed E-state index contributed by atoms with van der Waals surface area (Å²) in [6.07, 6.45) is 2.09. The van der Waals surface area contributed by atoms with E-state index in [1.807, 2.05) is 30.0 Å². The Hall–Kier alpha value is -2.51. The zero-order chi connectivity index (χ0) is 20.1. The van der Waals surface area contributed by atoms with E-state index in [2.05, 4.69) is 26.9 Å². The number of nitrogens with zero attached hydrogens (tertiary/aromatic N) is 1. The number of urea groups is 1. The molecule has 0 atom stereocenters. The molecular formula is C22H26N4O2S. The highest BCUT2D eigenvalue weighted by molar-refractivity contribution is 7.99. The number of hydrogen-bond donors (Lipinski definition) is 3. The number of anilines is 2. The smallest absolute Gasteiger partial charge is 0.319 e. The van der Waals surface area contributed by atoms with E-state index in [0.29, 0.717) is 17.3 Å². The molecule has 1 saturated carbocycles. The van der Waals surface area contributed by atoms with Gasteiger partial charge in [0.1, 0.15) is 0 Å². The van der Waals surface area contributed by atoms with Gasteiger partial charge >= 0.3 is 6.03 Å². The Labute approximate surface area is 175 Å². The Balaban J connectivity index is 1.32. The average Bonchev–Trinajstić information content (AvgIpc) is 3.53. The standard InChI is InChI=1S/C22H26N4O2S/c27-21(17-4-6-18(7-5-17)24-22(28)25-19-8-9-19)23-20-3-1-2-16(14-20)15-26-10-12-29-13-11-26/h1-7,14,19H,8-13,15H2,(H,23,27)(H2,24,25,28). The number of carbonyl (C=O) groups excluding carboxylic acids is 2. The lowest BCUT2D eigenvalue weighted by molar-refractivity contribution is 0.102. The molecule has 2 fully saturated rings. The maximum Gasteiger partial charge on any atom is 0.319 e. The van der Waals surface area contributed by atoms with Gasteiger partial charge in [-0.25, -0.2) is 4.79 Å². The van der Waals surface area contributed by atoms with Crippen LogP contribution in [0.3, 0.4) is 0 Å². The fourth-order valence-corrected chi connectivity index (χ4v) is 4.23. The molecule has 29 heavy (non-hydrogen) atoms. The van der Waals surface area contributed by atoms with Crippen LogP contribution in [-0.2, 0) is 6.54 Å². The van der Waals surface area contributed by atoms with Crippen molar-refractivity contribution in [1.82, 2.24) is 10.2 Å². The van der Waals surface area contributed by atoms with E-state index in [9.17, 15) is 9.59 Å². The molecule has 152 valence electrons. The van der Waals surface area contributed by atoms with Crippen molar-refractivity contribution in [2.75, 3.05) is 35.2 Å². The highest BCUT2D eigenvalue weighted by Gasteiger charge is 2.23. The molecule has 1 heterocycles. The lowest BCUT2D eigenvalue weighted by atomic mass is 10.1. The normalized spacial score (nSPS) is 16.8. The Morgan fingerprint density at radius 3 is 2.45 bits per heavy atom. The summed E-state index contributed by atoms with van der Waals surface area (Å²) in [6, 6.07) is 15.1. The topological polar surface area (TPSA) is 73.5 Å². The molecule has 1 saturated heterocycles. The Morgan fingerprint density at radius 2 is 1.72 bits per heavy atom. The average molecular weight is 411 g/mol. The van der Waals surface area contributed by atoms with Gasteiger partial charge in [-0.3, -0.25) is 9.69 Å². The van der Waals surface area contributed by atoms with Crippen LogP contribution in [0.1, 0.15) is 28.8 Å². The zero-order valence-corrected chi connectivity index (χ0v) is 17.1. The second-order valence-corrected chi connectivity index (χ2v) is 8.72. The first kappa shape index (κ1) is 19.8. The highest BCUT2D eigenvalue weighted by Crippen LogP contribution is 2.19. The molecule has 1 aliphatic carbocycles. The van der Waals surface area contributed by atoms with Crippen molar-refractivity contribution in [1.29, 1.82) is 0 Å². The second kappa shape index (κ2) is 9.33. The quantitative estimate of drug-likeness (QED) is 0.678. The lowest BCUT2D eigenvalue weighted by Crippen LogP contribution is -2.31. The molecular weight excluding hydrogens is 384 g/mol. The first-order valence-corrected chi connectivity index (χ1v) is 11.2. The van der Waals surface area contributed by atoms with E-state index >= 15 is 0 Å². The first-order valence-electron chi connectivity index (χ1n) is 10.0. The fourth-order valence-electron chi connectivity index (χ4n) is 3.25.